The summed E-state index contributed by atoms with van der Waals surface area (Å²) in [7, 11) is 1.23. The molecule has 2 rings (SSSR count). The van der Waals surface area contributed by atoms with Crippen LogP contribution in [0.15, 0.2) is 12.1 Å². The zero-order valence-electron chi connectivity index (χ0n) is 10.5. The number of fused-ring (bicyclic) bond motifs is 1. The second-order valence-corrected chi connectivity index (χ2v) is 5.36. The third-order valence-electron chi connectivity index (χ3n) is 2.88. The fourth-order valence-electron chi connectivity index (χ4n) is 2.10. The molecule has 0 amide bonds. The molecular formula is C13H15ClO4. The van der Waals surface area contributed by atoms with Crippen LogP contribution >= 0.6 is 11.6 Å². The van der Waals surface area contributed by atoms with Crippen molar-refractivity contribution in [3.05, 3.63) is 28.3 Å². The van der Waals surface area contributed by atoms with E-state index in [2.05, 4.69) is 4.74 Å². The predicted molar refractivity (Wildman–Crippen MR) is 66.8 cm³/mol. The third kappa shape index (κ3) is 2.31. The average Bonchev–Trinajstić information content (AvgIpc) is 2.62. The molecule has 0 spiro atoms. The highest BCUT2D eigenvalue weighted by Gasteiger charge is 2.33. The minimum absolute atomic E-state index is 0.319. The molecule has 1 aliphatic heterocycles. The Morgan fingerprint density at radius 1 is 1.56 bits per heavy atom. The number of benzene rings is 1. The van der Waals surface area contributed by atoms with Gasteiger partial charge in [0, 0.05) is 12.0 Å². The molecule has 1 atom stereocenters. The van der Waals surface area contributed by atoms with Crippen LogP contribution in [0.1, 0.15) is 31.1 Å². The number of aliphatic hydroxyl groups excluding tert-OH is 1. The van der Waals surface area contributed by atoms with E-state index < -0.39 is 12.1 Å². The molecule has 1 aromatic carbocycles. The zero-order valence-corrected chi connectivity index (χ0v) is 11.2. The molecule has 0 radical (unpaired) electrons. The molecule has 0 fully saturated rings. The SMILES string of the molecule is COC(=O)C(O)c1cc(Cl)c2c(c1)CC(C)(C)O2. The van der Waals surface area contributed by atoms with Gasteiger partial charge in [0.1, 0.15) is 11.4 Å². The molecule has 4 nitrogen and oxygen atoms in total. The van der Waals surface area contributed by atoms with E-state index in [0.717, 1.165) is 5.56 Å². The minimum atomic E-state index is -1.32. The van der Waals surface area contributed by atoms with Crippen LogP contribution in [0.5, 0.6) is 5.75 Å². The average molecular weight is 271 g/mol. The highest BCUT2D eigenvalue weighted by molar-refractivity contribution is 6.32. The summed E-state index contributed by atoms with van der Waals surface area (Å²) in [6.07, 6.45) is -0.634. The number of methoxy groups -OCH3 is 1. The van der Waals surface area contributed by atoms with Crippen molar-refractivity contribution in [1.29, 1.82) is 0 Å². The van der Waals surface area contributed by atoms with Gasteiger partial charge in [-0.2, -0.15) is 0 Å². The smallest absolute Gasteiger partial charge is 0.339 e. The molecule has 0 aromatic heterocycles. The molecule has 0 bridgehead atoms. The Morgan fingerprint density at radius 2 is 2.22 bits per heavy atom. The fraction of sp³-hybridized carbons (Fsp3) is 0.462. The molecule has 0 saturated carbocycles. The highest BCUT2D eigenvalue weighted by Crippen LogP contribution is 2.41. The summed E-state index contributed by atoms with van der Waals surface area (Å²) in [6, 6.07) is 3.26. The lowest BCUT2D eigenvalue weighted by Crippen LogP contribution is -2.24. The van der Waals surface area contributed by atoms with Gasteiger partial charge in [0.05, 0.1) is 12.1 Å². The number of esters is 1. The second-order valence-electron chi connectivity index (χ2n) is 4.96. The number of aliphatic hydroxyl groups is 1. The Morgan fingerprint density at radius 3 is 2.83 bits per heavy atom. The molecule has 18 heavy (non-hydrogen) atoms. The number of hydrogen-bond donors (Lipinski definition) is 1. The lowest BCUT2D eigenvalue weighted by molar-refractivity contribution is -0.150. The summed E-state index contributed by atoms with van der Waals surface area (Å²) < 4.78 is 10.2. The summed E-state index contributed by atoms with van der Waals surface area (Å²) in [5, 5.41) is 10.2. The van der Waals surface area contributed by atoms with Gasteiger partial charge in [-0.25, -0.2) is 4.79 Å². The summed E-state index contributed by atoms with van der Waals surface area (Å²) in [5.74, 6) is -0.0772. The number of halogens is 1. The third-order valence-corrected chi connectivity index (χ3v) is 3.16. The summed E-state index contributed by atoms with van der Waals surface area (Å²) >= 11 is 6.11. The number of hydrogen-bond acceptors (Lipinski definition) is 4. The molecule has 98 valence electrons. The van der Waals surface area contributed by atoms with Crippen LogP contribution in [0.2, 0.25) is 5.02 Å². The molecule has 0 saturated heterocycles. The highest BCUT2D eigenvalue weighted by atomic mass is 35.5. The molecule has 0 aliphatic carbocycles. The van der Waals surface area contributed by atoms with Crippen molar-refractivity contribution in [3.8, 4) is 5.75 Å². The van der Waals surface area contributed by atoms with Crippen molar-refractivity contribution in [3.63, 3.8) is 0 Å². The first-order valence-electron chi connectivity index (χ1n) is 5.61. The largest absolute Gasteiger partial charge is 0.486 e. The molecule has 1 aromatic rings. The Kier molecular flexibility index (Phi) is 3.25. The van der Waals surface area contributed by atoms with Crippen LogP contribution in [0.25, 0.3) is 0 Å². The van der Waals surface area contributed by atoms with Gasteiger partial charge in [0.15, 0.2) is 6.10 Å². The molecular weight excluding hydrogens is 256 g/mol. The fourth-order valence-corrected chi connectivity index (χ4v) is 2.38. The summed E-state index contributed by atoms with van der Waals surface area (Å²) in [5.41, 5.74) is 0.998. The van der Waals surface area contributed by atoms with E-state index in [1.165, 1.54) is 13.2 Å². The van der Waals surface area contributed by atoms with E-state index >= 15 is 0 Å². The maximum Gasteiger partial charge on any atom is 0.339 e. The number of rotatable bonds is 2. The predicted octanol–water partition coefficient (Wildman–Crippen LogP) is 2.26. The summed E-state index contributed by atoms with van der Waals surface area (Å²) in [4.78, 5) is 11.3. The standard InChI is InChI=1S/C13H15ClO4/c1-13(2)6-8-4-7(10(15)12(16)17-3)5-9(14)11(8)18-13/h4-5,10,15H,6H2,1-3H3. The maximum atomic E-state index is 11.3. The van der Waals surface area contributed by atoms with E-state index in [0.29, 0.717) is 22.8 Å². The van der Waals surface area contributed by atoms with Crippen LogP contribution in [0.3, 0.4) is 0 Å². The van der Waals surface area contributed by atoms with E-state index in [4.69, 9.17) is 16.3 Å². The van der Waals surface area contributed by atoms with Crippen molar-refractivity contribution in [2.24, 2.45) is 0 Å². The molecule has 1 aliphatic rings. The van der Waals surface area contributed by atoms with Crippen LogP contribution in [0.4, 0.5) is 0 Å². The van der Waals surface area contributed by atoms with Gasteiger partial charge in [-0.1, -0.05) is 11.6 Å². The first-order valence-corrected chi connectivity index (χ1v) is 5.99. The van der Waals surface area contributed by atoms with E-state index in [1.807, 2.05) is 13.8 Å². The Labute approximate surface area is 110 Å². The molecule has 1 heterocycles. The first-order chi connectivity index (χ1) is 8.34. The lowest BCUT2D eigenvalue weighted by atomic mass is 9.98. The molecule has 1 unspecified atom stereocenters. The van der Waals surface area contributed by atoms with Gasteiger partial charge in [0.25, 0.3) is 0 Å². The second kappa shape index (κ2) is 4.44. The molecule has 1 N–H and O–H groups in total. The van der Waals surface area contributed by atoms with Gasteiger partial charge >= 0.3 is 5.97 Å². The topological polar surface area (TPSA) is 55.8 Å². The zero-order chi connectivity index (χ0) is 13.5. The van der Waals surface area contributed by atoms with E-state index in [9.17, 15) is 9.90 Å². The number of ether oxygens (including phenoxy) is 2. The summed E-state index contributed by atoms with van der Waals surface area (Å²) in [6.45, 7) is 3.92. The minimum Gasteiger partial charge on any atom is -0.486 e. The first kappa shape index (κ1) is 13.2. The Bertz CT molecular complexity index is 496. The van der Waals surface area contributed by atoms with Crippen molar-refractivity contribution >= 4 is 17.6 Å². The van der Waals surface area contributed by atoms with Gasteiger partial charge in [-0.15, -0.1) is 0 Å². The van der Waals surface area contributed by atoms with Crippen LogP contribution in [0, 0.1) is 0 Å². The number of carbonyl (C=O) groups excluding carboxylic acids is 1. The van der Waals surface area contributed by atoms with Gasteiger partial charge in [0.2, 0.25) is 0 Å². The van der Waals surface area contributed by atoms with E-state index in [-0.39, 0.29) is 5.60 Å². The van der Waals surface area contributed by atoms with Crippen LogP contribution in [-0.2, 0) is 16.0 Å². The normalized spacial score (nSPS) is 17.8. The number of carbonyl (C=O) groups is 1. The quantitative estimate of drug-likeness (QED) is 0.838. The van der Waals surface area contributed by atoms with Crippen molar-refractivity contribution in [1.82, 2.24) is 0 Å². The van der Waals surface area contributed by atoms with Gasteiger partial charge in [-0.05, 0) is 31.5 Å². The van der Waals surface area contributed by atoms with Crippen LogP contribution in [-0.4, -0.2) is 23.8 Å². The van der Waals surface area contributed by atoms with Crippen molar-refractivity contribution < 1.29 is 19.4 Å². The van der Waals surface area contributed by atoms with Gasteiger partial charge in [-0.3, -0.25) is 0 Å². The molecule has 5 heteroatoms. The van der Waals surface area contributed by atoms with E-state index in [1.54, 1.807) is 6.07 Å². The van der Waals surface area contributed by atoms with Crippen LogP contribution < -0.4 is 4.74 Å². The lowest BCUT2D eigenvalue weighted by Gasteiger charge is -2.17. The Balaban J connectivity index is 2.39. The van der Waals surface area contributed by atoms with Crippen molar-refractivity contribution in [2.45, 2.75) is 32.0 Å². The monoisotopic (exact) mass is 270 g/mol. The van der Waals surface area contributed by atoms with Crippen molar-refractivity contribution in [2.75, 3.05) is 7.11 Å². The maximum absolute atomic E-state index is 11.3. The van der Waals surface area contributed by atoms with Gasteiger partial charge < -0.3 is 14.6 Å². The Hall–Kier alpha value is -1.26.